The number of hydrogen-bond donors (Lipinski definition) is 1. The Hall–Kier alpha value is -3.81. The van der Waals surface area contributed by atoms with Crippen molar-refractivity contribution in [1.82, 2.24) is 10.2 Å². The Morgan fingerprint density at radius 2 is 1.56 bits per heavy atom. The number of nitrogens with one attached hydrogen (secondary N) is 1. The number of carbonyl (C=O) groups is 3. The number of ether oxygens (including phenoxy) is 1. The van der Waals surface area contributed by atoms with E-state index < -0.39 is 23.5 Å². The van der Waals surface area contributed by atoms with Crippen LogP contribution in [0.4, 0.5) is 0 Å². The quantitative estimate of drug-likeness (QED) is 0.227. The van der Waals surface area contributed by atoms with Crippen LogP contribution in [0.1, 0.15) is 22.8 Å². The fourth-order valence-corrected chi connectivity index (χ4v) is 6.11. The summed E-state index contributed by atoms with van der Waals surface area (Å²) in [6.07, 6.45) is 3.02. The van der Waals surface area contributed by atoms with E-state index in [1.54, 1.807) is 12.2 Å². The summed E-state index contributed by atoms with van der Waals surface area (Å²) in [4.78, 5) is 41.3. The number of amides is 2. The number of rotatable bonds is 9. The Labute approximate surface area is 236 Å². The number of esters is 1. The first-order chi connectivity index (χ1) is 19.1. The first-order valence-electron chi connectivity index (χ1n) is 12.6. The van der Waals surface area contributed by atoms with Gasteiger partial charge in [0.2, 0.25) is 5.91 Å². The second-order valence-corrected chi connectivity index (χ2v) is 10.6. The summed E-state index contributed by atoms with van der Waals surface area (Å²) in [6.45, 7) is 0. The van der Waals surface area contributed by atoms with Crippen LogP contribution in [0, 0.1) is 0 Å². The van der Waals surface area contributed by atoms with Gasteiger partial charge >= 0.3 is 5.97 Å². The number of alkyl halides is 1. The van der Waals surface area contributed by atoms with Crippen LogP contribution in [0.25, 0.3) is 0 Å². The van der Waals surface area contributed by atoms with Gasteiger partial charge in [-0.05, 0) is 22.3 Å². The molecule has 2 aliphatic heterocycles. The summed E-state index contributed by atoms with van der Waals surface area (Å²) in [5.74, 6) is -0.446. The molecule has 39 heavy (non-hydrogen) atoms. The summed E-state index contributed by atoms with van der Waals surface area (Å²) >= 11 is 7.38. The lowest BCUT2D eigenvalue weighted by Crippen LogP contribution is -2.70. The zero-order valence-electron chi connectivity index (χ0n) is 21.0. The van der Waals surface area contributed by atoms with Crippen molar-refractivity contribution in [2.75, 3.05) is 11.6 Å². The van der Waals surface area contributed by atoms with Gasteiger partial charge in [-0.2, -0.15) is 0 Å². The molecule has 1 saturated heterocycles. The third-order valence-electron chi connectivity index (χ3n) is 6.55. The number of allylic oxidation sites excluding steroid dienone is 2. The van der Waals surface area contributed by atoms with Crippen LogP contribution in [0.5, 0.6) is 0 Å². The van der Waals surface area contributed by atoms with Gasteiger partial charge in [-0.15, -0.1) is 23.4 Å². The minimum Gasteiger partial charge on any atom is -0.448 e. The molecule has 3 aromatic rings. The van der Waals surface area contributed by atoms with Gasteiger partial charge < -0.3 is 10.1 Å². The highest BCUT2D eigenvalue weighted by molar-refractivity contribution is 8.00. The lowest BCUT2D eigenvalue weighted by atomic mass is 10.00. The Bertz CT molecular complexity index is 1360. The number of β-lactam (4-membered cyclic amide) rings is 1. The van der Waals surface area contributed by atoms with E-state index in [1.165, 1.54) is 16.7 Å². The third kappa shape index (κ3) is 5.95. The SMILES string of the molecule is O=C(Cc1ccccc1)N[C@@H]1C(=O)N2C(C(=O)OC(c3ccccc3)c3ccccc3)=C(/C=C/CCl)CS[C@@H]12. The van der Waals surface area contributed by atoms with Crippen LogP contribution in [0.2, 0.25) is 0 Å². The van der Waals surface area contributed by atoms with E-state index in [1.807, 2.05) is 91.0 Å². The second-order valence-electron chi connectivity index (χ2n) is 9.15. The van der Waals surface area contributed by atoms with Gasteiger partial charge in [-0.3, -0.25) is 14.5 Å². The van der Waals surface area contributed by atoms with Crippen molar-refractivity contribution in [3.8, 4) is 0 Å². The van der Waals surface area contributed by atoms with Crippen molar-refractivity contribution < 1.29 is 19.1 Å². The largest absolute Gasteiger partial charge is 0.448 e. The molecule has 5 rings (SSSR count). The monoisotopic (exact) mass is 558 g/mol. The van der Waals surface area contributed by atoms with Gasteiger partial charge in [0.1, 0.15) is 17.1 Å². The average Bonchev–Trinajstić information content (AvgIpc) is 2.98. The molecule has 2 heterocycles. The first kappa shape index (κ1) is 26.8. The molecule has 0 spiro atoms. The predicted molar refractivity (Wildman–Crippen MR) is 153 cm³/mol. The summed E-state index contributed by atoms with van der Waals surface area (Å²) in [5, 5.41) is 2.46. The number of nitrogens with zero attached hydrogens (tertiary/aromatic N) is 1. The highest BCUT2D eigenvalue weighted by Crippen LogP contribution is 2.42. The Morgan fingerprint density at radius 3 is 2.15 bits per heavy atom. The van der Waals surface area contributed by atoms with Gasteiger partial charge in [-0.1, -0.05) is 103 Å². The molecule has 2 aliphatic rings. The zero-order chi connectivity index (χ0) is 27.2. The van der Waals surface area contributed by atoms with Crippen LogP contribution >= 0.6 is 23.4 Å². The molecule has 8 heteroatoms. The molecule has 0 radical (unpaired) electrons. The Kier molecular flexibility index (Phi) is 8.49. The van der Waals surface area contributed by atoms with Crippen molar-refractivity contribution in [3.63, 3.8) is 0 Å². The maximum absolute atomic E-state index is 13.8. The maximum atomic E-state index is 13.8. The van der Waals surface area contributed by atoms with Crippen LogP contribution < -0.4 is 5.32 Å². The van der Waals surface area contributed by atoms with Crippen molar-refractivity contribution in [1.29, 1.82) is 0 Å². The Balaban J connectivity index is 1.39. The van der Waals surface area contributed by atoms with Crippen LogP contribution in [-0.4, -0.2) is 45.7 Å². The zero-order valence-corrected chi connectivity index (χ0v) is 22.6. The fraction of sp³-hybridized carbons (Fsp3) is 0.194. The highest BCUT2D eigenvalue weighted by atomic mass is 35.5. The number of hydrogen-bond acceptors (Lipinski definition) is 5. The molecule has 1 fully saturated rings. The maximum Gasteiger partial charge on any atom is 0.356 e. The number of benzene rings is 3. The Morgan fingerprint density at radius 1 is 0.974 bits per heavy atom. The number of halogens is 1. The molecule has 2 atom stereocenters. The summed E-state index contributed by atoms with van der Waals surface area (Å²) in [5.41, 5.74) is 3.34. The minimum absolute atomic E-state index is 0.173. The van der Waals surface area contributed by atoms with Crippen LogP contribution in [0.15, 0.2) is 114 Å². The minimum atomic E-state index is -0.716. The van der Waals surface area contributed by atoms with Gasteiger partial charge in [0.05, 0.1) is 6.42 Å². The van der Waals surface area contributed by atoms with Gasteiger partial charge in [-0.25, -0.2) is 4.79 Å². The van der Waals surface area contributed by atoms with E-state index in [9.17, 15) is 14.4 Å². The van der Waals surface area contributed by atoms with E-state index >= 15 is 0 Å². The smallest absolute Gasteiger partial charge is 0.356 e. The van der Waals surface area contributed by atoms with Crippen molar-refractivity contribution >= 4 is 41.1 Å². The molecular weight excluding hydrogens is 532 g/mol. The van der Waals surface area contributed by atoms with Crippen molar-refractivity contribution in [2.45, 2.75) is 23.9 Å². The van der Waals surface area contributed by atoms with Crippen molar-refractivity contribution in [2.24, 2.45) is 0 Å². The van der Waals surface area contributed by atoms with E-state index in [0.717, 1.165) is 16.7 Å². The lowest BCUT2D eigenvalue weighted by Gasteiger charge is -2.49. The van der Waals surface area contributed by atoms with E-state index in [2.05, 4.69) is 5.32 Å². The molecule has 0 unspecified atom stereocenters. The van der Waals surface area contributed by atoms with Gasteiger partial charge in [0.25, 0.3) is 5.91 Å². The van der Waals surface area contributed by atoms with E-state index in [4.69, 9.17) is 16.3 Å². The molecule has 2 amide bonds. The molecule has 0 aromatic heterocycles. The number of carbonyl (C=O) groups excluding carboxylic acids is 3. The number of fused-ring (bicyclic) bond motifs is 1. The summed E-state index contributed by atoms with van der Waals surface area (Å²) in [7, 11) is 0. The second kappa shape index (κ2) is 12.4. The van der Waals surface area contributed by atoms with E-state index in [-0.39, 0.29) is 29.8 Å². The number of thioether (sulfide) groups is 1. The first-order valence-corrected chi connectivity index (χ1v) is 14.2. The molecule has 3 aromatic carbocycles. The van der Waals surface area contributed by atoms with Crippen molar-refractivity contribution in [3.05, 3.63) is 131 Å². The molecular formula is C31H27ClN2O4S. The molecule has 0 bridgehead atoms. The standard InChI is InChI=1S/C31H27ClN2O4S/c32-18-10-17-24-20-39-30-26(33-25(35)19-21-11-4-1-5-12-21)29(36)34(30)27(24)31(37)38-28(22-13-6-2-7-14-22)23-15-8-3-9-16-23/h1-17,26,28,30H,18-20H2,(H,33,35)/b17-10+/t26-,30+/m1/s1. The highest BCUT2D eigenvalue weighted by Gasteiger charge is 2.54. The summed E-state index contributed by atoms with van der Waals surface area (Å²) in [6, 6.07) is 27.6. The third-order valence-corrected chi connectivity index (χ3v) is 8.03. The topological polar surface area (TPSA) is 75.7 Å². The lowest BCUT2D eigenvalue weighted by molar-refractivity contribution is -0.154. The normalized spacial score (nSPS) is 18.6. The molecule has 6 nitrogen and oxygen atoms in total. The predicted octanol–water partition coefficient (Wildman–Crippen LogP) is 5.01. The molecule has 0 saturated carbocycles. The van der Waals surface area contributed by atoms with Crippen LogP contribution in [-0.2, 0) is 25.5 Å². The fourth-order valence-electron chi connectivity index (χ4n) is 4.70. The van der Waals surface area contributed by atoms with Gasteiger partial charge in [0, 0.05) is 11.6 Å². The molecule has 0 aliphatic carbocycles. The summed E-state index contributed by atoms with van der Waals surface area (Å²) < 4.78 is 6.11. The van der Waals surface area contributed by atoms with Crippen LogP contribution in [0.3, 0.4) is 0 Å². The molecule has 198 valence electrons. The average molecular weight is 559 g/mol. The molecule has 1 N–H and O–H groups in total. The van der Waals surface area contributed by atoms with Gasteiger partial charge in [0.15, 0.2) is 6.10 Å². The van der Waals surface area contributed by atoms with E-state index in [0.29, 0.717) is 11.3 Å².